The number of anilines is 1. The summed E-state index contributed by atoms with van der Waals surface area (Å²) in [7, 11) is 0. The SMILES string of the molecule is CSc1cc2c(c(-c3c[nH]c4cnc(NC(C)=O)cc34)n1)OCC1(CC1)O2. The summed E-state index contributed by atoms with van der Waals surface area (Å²) in [5.41, 5.74) is 2.34. The second kappa shape index (κ2) is 5.88. The number of aromatic amines is 1. The number of pyridine rings is 2. The van der Waals surface area contributed by atoms with E-state index in [-0.39, 0.29) is 11.5 Å². The Hall–Kier alpha value is -2.74. The van der Waals surface area contributed by atoms with Crippen LogP contribution in [-0.4, -0.2) is 39.3 Å². The van der Waals surface area contributed by atoms with Gasteiger partial charge >= 0.3 is 0 Å². The molecule has 1 amide bonds. The van der Waals surface area contributed by atoms with Crippen molar-refractivity contribution in [1.82, 2.24) is 15.0 Å². The van der Waals surface area contributed by atoms with Crippen molar-refractivity contribution in [3.8, 4) is 22.8 Å². The van der Waals surface area contributed by atoms with Gasteiger partial charge in [0.1, 0.15) is 28.7 Å². The van der Waals surface area contributed by atoms with Gasteiger partial charge in [0, 0.05) is 30.1 Å². The zero-order valence-electron chi connectivity index (χ0n) is 15.0. The first kappa shape index (κ1) is 16.4. The number of aromatic nitrogens is 3. The Balaban J connectivity index is 1.67. The number of hydrogen-bond acceptors (Lipinski definition) is 6. The molecular weight excluding hydrogens is 364 g/mol. The molecule has 2 aliphatic rings. The molecule has 7 nitrogen and oxygen atoms in total. The van der Waals surface area contributed by atoms with E-state index < -0.39 is 0 Å². The summed E-state index contributed by atoms with van der Waals surface area (Å²) in [6.07, 6.45) is 7.63. The van der Waals surface area contributed by atoms with Gasteiger partial charge in [-0.3, -0.25) is 4.79 Å². The molecular formula is C19H18N4O3S. The molecule has 0 atom stereocenters. The number of fused-ring (bicyclic) bond motifs is 2. The molecule has 0 bridgehead atoms. The van der Waals surface area contributed by atoms with Crippen molar-refractivity contribution in [2.24, 2.45) is 0 Å². The molecule has 4 heterocycles. The molecule has 0 saturated heterocycles. The van der Waals surface area contributed by atoms with Crippen molar-refractivity contribution in [2.75, 3.05) is 18.2 Å². The normalized spacial score (nSPS) is 16.5. The topological polar surface area (TPSA) is 89.1 Å². The molecule has 3 aromatic rings. The van der Waals surface area contributed by atoms with Crippen LogP contribution in [0.5, 0.6) is 11.5 Å². The van der Waals surface area contributed by atoms with E-state index in [4.69, 9.17) is 14.5 Å². The lowest BCUT2D eigenvalue weighted by Gasteiger charge is -2.28. The Kier molecular flexibility index (Phi) is 3.58. The molecule has 8 heteroatoms. The molecule has 1 aliphatic carbocycles. The number of nitrogens with one attached hydrogen (secondary N) is 2. The van der Waals surface area contributed by atoms with Crippen LogP contribution in [0.2, 0.25) is 0 Å². The fourth-order valence-electron chi connectivity index (χ4n) is 3.31. The molecule has 138 valence electrons. The summed E-state index contributed by atoms with van der Waals surface area (Å²) in [6.45, 7) is 2.01. The minimum absolute atomic E-state index is 0.149. The first-order chi connectivity index (χ1) is 13.1. The standard InChI is InChI=1S/C19H18N4O3S/c1-10(24)22-15-5-11-12(7-20-13(11)8-21-15)17-18-14(6-16(23-17)27-2)26-19(3-4-19)9-25-18/h5-8,20H,3-4,9H2,1-2H3,(H,21,22,24). The molecule has 1 spiro atoms. The molecule has 3 aromatic heterocycles. The Bertz CT molecular complexity index is 1070. The van der Waals surface area contributed by atoms with Gasteiger partial charge in [-0.2, -0.15) is 0 Å². The number of hydrogen-bond donors (Lipinski definition) is 2. The fraction of sp³-hybridized carbons (Fsp3) is 0.316. The highest BCUT2D eigenvalue weighted by molar-refractivity contribution is 7.98. The number of H-pyrrole nitrogens is 1. The van der Waals surface area contributed by atoms with Gasteiger partial charge in [-0.05, 0) is 25.2 Å². The van der Waals surface area contributed by atoms with Crippen molar-refractivity contribution in [2.45, 2.75) is 30.4 Å². The molecule has 0 unspecified atom stereocenters. The first-order valence-corrected chi connectivity index (χ1v) is 9.95. The zero-order chi connectivity index (χ0) is 18.6. The quantitative estimate of drug-likeness (QED) is 0.673. The fourth-order valence-corrected chi connectivity index (χ4v) is 3.72. The minimum Gasteiger partial charge on any atom is -0.483 e. The number of carbonyl (C=O) groups is 1. The van der Waals surface area contributed by atoms with E-state index in [1.165, 1.54) is 6.92 Å². The van der Waals surface area contributed by atoms with Crippen molar-refractivity contribution in [1.29, 1.82) is 0 Å². The monoisotopic (exact) mass is 382 g/mol. The van der Waals surface area contributed by atoms with Crippen LogP contribution in [0.15, 0.2) is 29.6 Å². The summed E-state index contributed by atoms with van der Waals surface area (Å²) in [5.74, 6) is 1.76. The van der Waals surface area contributed by atoms with Crippen molar-refractivity contribution >= 4 is 34.4 Å². The van der Waals surface area contributed by atoms with Gasteiger partial charge in [0.05, 0.1) is 11.7 Å². The Morgan fingerprint density at radius 2 is 2.22 bits per heavy atom. The molecule has 2 N–H and O–H groups in total. The number of carbonyl (C=O) groups excluding carboxylic acids is 1. The number of rotatable bonds is 3. The molecule has 1 saturated carbocycles. The van der Waals surface area contributed by atoms with Gasteiger partial charge in [-0.25, -0.2) is 9.97 Å². The Labute approximate surface area is 159 Å². The van der Waals surface area contributed by atoms with E-state index in [2.05, 4.69) is 15.3 Å². The summed E-state index contributed by atoms with van der Waals surface area (Å²) < 4.78 is 12.3. The van der Waals surface area contributed by atoms with Crippen molar-refractivity contribution < 1.29 is 14.3 Å². The highest BCUT2D eigenvalue weighted by Crippen LogP contribution is 2.51. The van der Waals surface area contributed by atoms with Gasteiger partial charge in [-0.1, -0.05) is 0 Å². The van der Waals surface area contributed by atoms with E-state index in [0.29, 0.717) is 18.2 Å². The summed E-state index contributed by atoms with van der Waals surface area (Å²) in [6, 6.07) is 3.79. The predicted molar refractivity (Wildman–Crippen MR) is 103 cm³/mol. The van der Waals surface area contributed by atoms with Crippen molar-refractivity contribution in [3.63, 3.8) is 0 Å². The smallest absolute Gasteiger partial charge is 0.222 e. The minimum atomic E-state index is -0.162. The highest BCUT2D eigenvalue weighted by Gasteiger charge is 2.50. The van der Waals surface area contributed by atoms with E-state index >= 15 is 0 Å². The molecule has 1 aliphatic heterocycles. The summed E-state index contributed by atoms with van der Waals surface area (Å²) in [4.78, 5) is 23.6. The van der Waals surface area contributed by atoms with Gasteiger partial charge < -0.3 is 19.8 Å². The lowest BCUT2D eigenvalue weighted by atomic mass is 10.1. The Morgan fingerprint density at radius 3 is 2.96 bits per heavy atom. The second-order valence-electron chi connectivity index (χ2n) is 6.91. The third kappa shape index (κ3) is 2.80. The average molecular weight is 382 g/mol. The number of thioether (sulfide) groups is 1. The van der Waals surface area contributed by atoms with Crippen LogP contribution in [0.25, 0.3) is 22.2 Å². The van der Waals surface area contributed by atoms with Gasteiger partial charge in [0.25, 0.3) is 0 Å². The average Bonchev–Trinajstić information content (AvgIpc) is 3.26. The Morgan fingerprint density at radius 1 is 1.37 bits per heavy atom. The van der Waals surface area contributed by atoms with Crippen LogP contribution in [-0.2, 0) is 4.79 Å². The van der Waals surface area contributed by atoms with Crippen LogP contribution >= 0.6 is 11.8 Å². The predicted octanol–water partition coefficient (Wildman–Crippen LogP) is 3.61. The number of ether oxygens (including phenoxy) is 2. The molecule has 1 fully saturated rings. The van der Waals surface area contributed by atoms with Crippen LogP contribution in [0, 0.1) is 0 Å². The zero-order valence-corrected chi connectivity index (χ0v) is 15.8. The largest absolute Gasteiger partial charge is 0.483 e. The van der Waals surface area contributed by atoms with Gasteiger partial charge in [0.15, 0.2) is 11.5 Å². The van der Waals surface area contributed by atoms with E-state index in [1.54, 1.807) is 18.0 Å². The lowest BCUT2D eigenvalue weighted by molar-refractivity contribution is -0.114. The first-order valence-electron chi connectivity index (χ1n) is 8.73. The maximum atomic E-state index is 11.4. The second-order valence-corrected chi connectivity index (χ2v) is 7.74. The van der Waals surface area contributed by atoms with Crippen molar-refractivity contribution in [3.05, 3.63) is 24.5 Å². The van der Waals surface area contributed by atoms with Gasteiger partial charge in [-0.15, -0.1) is 11.8 Å². The summed E-state index contributed by atoms with van der Waals surface area (Å²) in [5, 5.41) is 4.51. The third-order valence-corrected chi connectivity index (χ3v) is 5.49. The number of amides is 1. The van der Waals surface area contributed by atoms with E-state index in [1.807, 2.05) is 24.6 Å². The highest BCUT2D eigenvalue weighted by atomic mass is 32.2. The van der Waals surface area contributed by atoms with Crippen LogP contribution < -0.4 is 14.8 Å². The van der Waals surface area contributed by atoms with Crippen LogP contribution in [0.1, 0.15) is 19.8 Å². The summed E-state index contributed by atoms with van der Waals surface area (Å²) >= 11 is 1.56. The van der Waals surface area contributed by atoms with Gasteiger partial charge in [0.2, 0.25) is 5.91 Å². The molecule has 0 aromatic carbocycles. The van der Waals surface area contributed by atoms with Crippen LogP contribution in [0.3, 0.4) is 0 Å². The molecule has 27 heavy (non-hydrogen) atoms. The van der Waals surface area contributed by atoms with E-state index in [0.717, 1.165) is 45.8 Å². The maximum Gasteiger partial charge on any atom is 0.222 e. The molecule has 0 radical (unpaired) electrons. The number of nitrogens with zero attached hydrogens (tertiary/aromatic N) is 2. The lowest BCUT2D eigenvalue weighted by Crippen LogP contribution is -2.31. The van der Waals surface area contributed by atoms with Crippen LogP contribution in [0.4, 0.5) is 5.82 Å². The third-order valence-electron chi connectivity index (χ3n) is 4.86. The van der Waals surface area contributed by atoms with E-state index in [9.17, 15) is 4.79 Å². The molecule has 5 rings (SSSR count). The maximum absolute atomic E-state index is 11.4.